The second kappa shape index (κ2) is 8.78. The van der Waals surface area contributed by atoms with Crippen LogP contribution >= 0.6 is 0 Å². The fourth-order valence-electron chi connectivity index (χ4n) is 3.86. The zero-order valence-corrected chi connectivity index (χ0v) is 19.0. The summed E-state index contributed by atoms with van der Waals surface area (Å²) in [4.78, 5) is 26.3. The zero-order valence-electron chi connectivity index (χ0n) is 19.0. The standard InChI is InChI=1S/C27H24N6O/c1-17-15-23-26(31-18(17)2)33(25(32-23)22-9-6-14-29-24(22)28)21-12-10-19(11-13-21)16-30-27(34)20-7-4-3-5-8-20/h3-15H,16H2,1-2H3,(H2,28,29)(H,30,34). The van der Waals surface area contributed by atoms with Crippen molar-refractivity contribution in [1.29, 1.82) is 0 Å². The van der Waals surface area contributed by atoms with Gasteiger partial charge in [-0.3, -0.25) is 9.36 Å². The van der Waals surface area contributed by atoms with Crippen LogP contribution in [0, 0.1) is 13.8 Å². The van der Waals surface area contributed by atoms with Crippen LogP contribution in [0.5, 0.6) is 0 Å². The summed E-state index contributed by atoms with van der Waals surface area (Å²) in [5.74, 6) is 0.991. The fraction of sp³-hybridized carbons (Fsp3) is 0.111. The number of hydrogen-bond acceptors (Lipinski definition) is 5. The minimum absolute atomic E-state index is 0.102. The number of imidazole rings is 1. The summed E-state index contributed by atoms with van der Waals surface area (Å²) in [7, 11) is 0. The van der Waals surface area contributed by atoms with Crippen LogP contribution in [0.25, 0.3) is 28.2 Å². The molecule has 0 saturated heterocycles. The molecule has 0 aliphatic heterocycles. The molecular weight excluding hydrogens is 424 g/mol. The smallest absolute Gasteiger partial charge is 0.251 e. The number of benzene rings is 2. The van der Waals surface area contributed by atoms with Crippen molar-refractivity contribution >= 4 is 22.9 Å². The highest BCUT2D eigenvalue weighted by molar-refractivity contribution is 5.94. The van der Waals surface area contributed by atoms with Crippen molar-refractivity contribution < 1.29 is 4.79 Å². The van der Waals surface area contributed by atoms with Crippen LogP contribution in [0.3, 0.4) is 0 Å². The summed E-state index contributed by atoms with van der Waals surface area (Å²) in [6.45, 7) is 4.44. The van der Waals surface area contributed by atoms with E-state index in [0.29, 0.717) is 23.8 Å². The molecule has 0 spiro atoms. The zero-order chi connectivity index (χ0) is 23.7. The van der Waals surface area contributed by atoms with Gasteiger partial charge in [-0.05, 0) is 67.4 Å². The Labute approximate surface area is 197 Å². The van der Waals surface area contributed by atoms with E-state index in [4.69, 9.17) is 15.7 Å². The largest absolute Gasteiger partial charge is 0.383 e. The Morgan fingerprint density at radius 2 is 1.74 bits per heavy atom. The molecule has 0 unspecified atom stereocenters. The second-order valence-electron chi connectivity index (χ2n) is 8.16. The molecule has 0 bridgehead atoms. The van der Waals surface area contributed by atoms with Crippen molar-refractivity contribution in [2.45, 2.75) is 20.4 Å². The number of nitrogens with one attached hydrogen (secondary N) is 1. The summed E-state index contributed by atoms with van der Waals surface area (Å²) in [6, 6.07) is 23.0. The number of aromatic nitrogens is 4. The molecule has 5 aromatic rings. The number of pyridine rings is 2. The van der Waals surface area contributed by atoms with Crippen molar-refractivity contribution in [3.8, 4) is 17.1 Å². The van der Waals surface area contributed by atoms with Crippen molar-refractivity contribution in [2.75, 3.05) is 5.73 Å². The minimum Gasteiger partial charge on any atom is -0.383 e. The fourth-order valence-corrected chi connectivity index (χ4v) is 3.86. The number of carbonyl (C=O) groups excluding carboxylic acids is 1. The van der Waals surface area contributed by atoms with Crippen LogP contribution in [0.15, 0.2) is 79.0 Å². The van der Waals surface area contributed by atoms with Crippen molar-refractivity contribution in [3.05, 3.63) is 101 Å². The van der Waals surface area contributed by atoms with Crippen molar-refractivity contribution in [3.63, 3.8) is 0 Å². The molecule has 1 amide bonds. The lowest BCUT2D eigenvalue weighted by atomic mass is 10.1. The molecule has 3 aromatic heterocycles. The van der Waals surface area contributed by atoms with E-state index in [1.54, 1.807) is 18.3 Å². The van der Waals surface area contributed by atoms with Gasteiger partial charge in [-0.1, -0.05) is 30.3 Å². The molecule has 7 heteroatoms. The van der Waals surface area contributed by atoms with E-state index in [2.05, 4.69) is 10.3 Å². The molecule has 3 heterocycles. The number of carbonyl (C=O) groups is 1. The highest BCUT2D eigenvalue weighted by atomic mass is 16.1. The van der Waals surface area contributed by atoms with E-state index in [1.807, 2.05) is 79.1 Å². The number of nitrogens with zero attached hydrogens (tertiary/aromatic N) is 4. The Balaban J connectivity index is 1.51. The molecule has 34 heavy (non-hydrogen) atoms. The maximum atomic E-state index is 12.4. The third kappa shape index (κ3) is 3.99. The van der Waals surface area contributed by atoms with Gasteiger partial charge in [0.1, 0.15) is 11.3 Å². The van der Waals surface area contributed by atoms with Crippen LogP contribution in [0.4, 0.5) is 5.82 Å². The Morgan fingerprint density at radius 1 is 0.971 bits per heavy atom. The number of anilines is 1. The quantitative estimate of drug-likeness (QED) is 0.409. The summed E-state index contributed by atoms with van der Waals surface area (Å²) >= 11 is 0. The molecule has 0 atom stereocenters. The monoisotopic (exact) mass is 448 g/mol. The van der Waals surface area contributed by atoms with Gasteiger partial charge >= 0.3 is 0 Å². The average Bonchev–Trinajstić information content (AvgIpc) is 3.21. The van der Waals surface area contributed by atoms with Gasteiger partial charge in [-0.15, -0.1) is 0 Å². The van der Waals surface area contributed by atoms with E-state index in [1.165, 1.54) is 0 Å². The molecule has 0 aliphatic rings. The molecule has 2 aromatic carbocycles. The van der Waals surface area contributed by atoms with Gasteiger partial charge in [0.15, 0.2) is 11.5 Å². The number of nitrogen functional groups attached to an aromatic ring is 1. The number of aryl methyl sites for hydroxylation is 2. The van der Waals surface area contributed by atoms with Crippen LogP contribution in [-0.4, -0.2) is 25.4 Å². The van der Waals surface area contributed by atoms with Crippen LogP contribution in [-0.2, 0) is 6.54 Å². The van der Waals surface area contributed by atoms with Gasteiger partial charge in [-0.2, -0.15) is 0 Å². The maximum Gasteiger partial charge on any atom is 0.251 e. The van der Waals surface area contributed by atoms with Crippen molar-refractivity contribution in [1.82, 2.24) is 24.8 Å². The number of fused-ring (bicyclic) bond motifs is 1. The summed E-state index contributed by atoms with van der Waals surface area (Å²) in [5, 5.41) is 2.96. The second-order valence-corrected chi connectivity index (χ2v) is 8.16. The molecule has 168 valence electrons. The number of nitrogens with two attached hydrogens (primary N) is 1. The number of amides is 1. The lowest BCUT2D eigenvalue weighted by Crippen LogP contribution is -2.22. The molecule has 7 nitrogen and oxygen atoms in total. The first kappa shape index (κ1) is 21.3. The lowest BCUT2D eigenvalue weighted by molar-refractivity contribution is 0.0951. The van der Waals surface area contributed by atoms with Crippen LogP contribution in [0.2, 0.25) is 0 Å². The van der Waals surface area contributed by atoms with Gasteiger partial charge in [0, 0.05) is 29.7 Å². The third-order valence-electron chi connectivity index (χ3n) is 5.84. The SMILES string of the molecule is Cc1cc2nc(-c3cccnc3N)n(-c3ccc(CNC(=O)c4ccccc4)cc3)c2nc1C. The first-order valence-corrected chi connectivity index (χ1v) is 11.0. The Kier molecular flexibility index (Phi) is 5.51. The average molecular weight is 449 g/mol. The molecule has 0 aliphatic carbocycles. The first-order chi connectivity index (χ1) is 16.5. The van der Waals surface area contributed by atoms with Gasteiger partial charge in [0.2, 0.25) is 0 Å². The summed E-state index contributed by atoms with van der Waals surface area (Å²) in [5.41, 5.74) is 13.0. The molecule has 3 N–H and O–H groups in total. The van der Waals surface area contributed by atoms with Gasteiger partial charge in [0.05, 0.1) is 5.56 Å². The summed E-state index contributed by atoms with van der Waals surface area (Å²) < 4.78 is 2.00. The third-order valence-corrected chi connectivity index (χ3v) is 5.84. The van der Waals surface area contributed by atoms with Gasteiger partial charge in [-0.25, -0.2) is 15.0 Å². The van der Waals surface area contributed by atoms with Gasteiger partial charge in [0.25, 0.3) is 5.91 Å². The predicted octanol–water partition coefficient (Wildman–Crippen LogP) is 4.61. The number of rotatable bonds is 5. The topological polar surface area (TPSA) is 98.7 Å². The van der Waals surface area contributed by atoms with E-state index < -0.39 is 0 Å². The normalized spacial score (nSPS) is 11.0. The Morgan fingerprint density at radius 3 is 2.47 bits per heavy atom. The molecule has 0 fully saturated rings. The van der Waals surface area contributed by atoms with Gasteiger partial charge < -0.3 is 11.1 Å². The van der Waals surface area contributed by atoms with Crippen LogP contribution in [0.1, 0.15) is 27.2 Å². The molecule has 5 rings (SSSR count). The molecule has 0 radical (unpaired) electrons. The summed E-state index contributed by atoms with van der Waals surface area (Å²) in [6.07, 6.45) is 1.66. The van der Waals surface area contributed by atoms with E-state index >= 15 is 0 Å². The Hall–Kier alpha value is -4.52. The molecular formula is C27H24N6O. The first-order valence-electron chi connectivity index (χ1n) is 11.0. The van der Waals surface area contributed by atoms with E-state index in [-0.39, 0.29) is 5.91 Å². The predicted molar refractivity (Wildman–Crippen MR) is 134 cm³/mol. The highest BCUT2D eigenvalue weighted by Gasteiger charge is 2.18. The van der Waals surface area contributed by atoms with Crippen molar-refractivity contribution in [2.24, 2.45) is 0 Å². The van der Waals surface area contributed by atoms with Crippen LogP contribution < -0.4 is 11.1 Å². The Bertz CT molecular complexity index is 1490. The number of hydrogen-bond donors (Lipinski definition) is 2. The van der Waals surface area contributed by atoms with E-state index in [9.17, 15) is 4.79 Å². The highest BCUT2D eigenvalue weighted by Crippen LogP contribution is 2.31. The maximum absolute atomic E-state index is 12.4. The van der Waals surface area contributed by atoms with E-state index in [0.717, 1.165) is 39.2 Å². The lowest BCUT2D eigenvalue weighted by Gasteiger charge is -2.12. The minimum atomic E-state index is -0.102. The molecule has 0 saturated carbocycles.